The lowest BCUT2D eigenvalue weighted by Gasteiger charge is -2.35. The minimum atomic E-state index is -0.664. The molecule has 1 aliphatic carbocycles. The van der Waals surface area contributed by atoms with Gasteiger partial charge in [0.2, 0.25) is 0 Å². The second kappa shape index (κ2) is 8.03. The molecule has 1 aromatic heterocycles. The normalized spacial score (nSPS) is 18.8. The van der Waals surface area contributed by atoms with Gasteiger partial charge < -0.3 is 10.7 Å². The lowest BCUT2D eigenvalue weighted by molar-refractivity contribution is -0.125. The SMILES string of the molecule is NCCCCC(=O)C1CC(c2c(-c3ccc(F)cc3)[nH]c3c(F)cc(F)cc23)C1. The van der Waals surface area contributed by atoms with E-state index in [0.29, 0.717) is 42.5 Å². The smallest absolute Gasteiger partial charge is 0.150 e. The zero-order chi connectivity index (χ0) is 20.5. The highest BCUT2D eigenvalue weighted by molar-refractivity contribution is 5.92. The Hall–Kier alpha value is -2.60. The van der Waals surface area contributed by atoms with E-state index in [9.17, 15) is 18.0 Å². The van der Waals surface area contributed by atoms with Crippen molar-refractivity contribution in [1.29, 1.82) is 0 Å². The monoisotopic (exact) mass is 400 g/mol. The Bertz CT molecular complexity index is 1040. The van der Waals surface area contributed by atoms with E-state index in [1.165, 1.54) is 18.2 Å². The van der Waals surface area contributed by atoms with Crippen LogP contribution in [0, 0.1) is 23.4 Å². The number of ketones is 1. The molecule has 29 heavy (non-hydrogen) atoms. The summed E-state index contributed by atoms with van der Waals surface area (Å²) >= 11 is 0. The van der Waals surface area contributed by atoms with Gasteiger partial charge in [0, 0.05) is 23.8 Å². The fourth-order valence-corrected chi connectivity index (χ4v) is 4.27. The number of fused-ring (bicyclic) bond motifs is 1. The number of nitrogens with one attached hydrogen (secondary N) is 1. The van der Waals surface area contributed by atoms with Gasteiger partial charge in [-0.1, -0.05) is 0 Å². The van der Waals surface area contributed by atoms with Gasteiger partial charge in [0.25, 0.3) is 0 Å². The summed E-state index contributed by atoms with van der Waals surface area (Å²) in [4.78, 5) is 15.4. The molecule has 1 heterocycles. The summed E-state index contributed by atoms with van der Waals surface area (Å²) in [5.41, 5.74) is 7.88. The van der Waals surface area contributed by atoms with Crippen molar-refractivity contribution in [2.45, 2.75) is 38.0 Å². The predicted octanol–water partition coefficient (Wildman–Crippen LogP) is 5.44. The number of aromatic amines is 1. The molecule has 1 saturated carbocycles. The number of carbonyl (C=O) groups is 1. The van der Waals surface area contributed by atoms with E-state index < -0.39 is 11.6 Å². The van der Waals surface area contributed by atoms with Crippen LogP contribution in [0.5, 0.6) is 0 Å². The molecule has 0 saturated heterocycles. The van der Waals surface area contributed by atoms with Crippen LogP contribution in [0.3, 0.4) is 0 Å². The van der Waals surface area contributed by atoms with Gasteiger partial charge in [-0.25, -0.2) is 13.2 Å². The van der Waals surface area contributed by atoms with Gasteiger partial charge in [-0.05, 0) is 79.6 Å². The Kier molecular flexibility index (Phi) is 5.46. The molecule has 4 rings (SSSR count). The molecule has 0 aliphatic heterocycles. The van der Waals surface area contributed by atoms with Crippen molar-refractivity contribution in [1.82, 2.24) is 4.98 Å². The summed E-state index contributed by atoms with van der Waals surface area (Å²) in [5, 5.41) is 0.487. The van der Waals surface area contributed by atoms with Gasteiger partial charge in [-0.3, -0.25) is 4.79 Å². The fourth-order valence-electron chi connectivity index (χ4n) is 4.27. The van der Waals surface area contributed by atoms with Gasteiger partial charge in [-0.2, -0.15) is 0 Å². The molecule has 0 spiro atoms. The van der Waals surface area contributed by atoms with Crippen LogP contribution in [0.2, 0.25) is 0 Å². The number of carbonyl (C=O) groups excluding carboxylic acids is 1. The molecule has 3 aromatic rings. The van der Waals surface area contributed by atoms with Crippen LogP contribution in [0.15, 0.2) is 36.4 Å². The lowest BCUT2D eigenvalue weighted by Crippen LogP contribution is -2.29. The Labute approximate surface area is 167 Å². The van der Waals surface area contributed by atoms with Crippen LogP contribution >= 0.6 is 0 Å². The average Bonchev–Trinajstić information content (AvgIpc) is 3.01. The van der Waals surface area contributed by atoms with Gasteiger partial charge in [0.15, 0.2) is 0 Å². The van der Waals surface area contributed by atoms with E-state index in [0.717, 1.165) is 24.5 Å². The van der Waals surface area contributed by atoms with Crippen molar-refractivity contribution in [2.24, 2.45) is 11.7 Å². The molecule has 1 fully saturated rings. The number of rotatable bonds is 7. The first-order valence-corrected chi connectivity index (χ1v) is 9.97. The van der Waals surface area contributed by atoms with Crippen molar-refractivity contribution in [2.75, 3.05) is 6.54 Å². The summed E-state index contributed by atoms with van der Waals surface area (Å²) in [7, 11) is 0. The summed E-state index contributed by atoms with van der Waals surface area (Å²) in [5.74, 6) is -1.45. The first-order valence-electron chi connectivity index (χ1n) is 9.97. The maximum atomic E-state index is 14.4. The van der Waals surface area contributed by atoms with E-state index in [4.69, 9.17) is 5.73 Å². The molecule has 152 valence electrons. The molecule has 0 radical (unpaired) electrons. The lowest BCUT2D eigenvalue weighted by atomic mass is 9.68. The minimum absolute atomic E-state index is 0.0217. The number of aromatic nitrogens is 1. The number of hydrogen-bond acceptors (Lipinski definition) is 2. The number of halogens is 3. The summed E-state index contributed by atoms with van der Waals surface area (Å²) in [6.45, 7) is 0.577. The third-order valence-electron chi connectivity index (χ3n) is 5.88. The van der Waals surface area contributed by atoms with E-state index in [-0.39, 0.29) is 29.0 Å². The number of nitrogens with two attached hydrogens (primary N) is 1. The average molecular weight is 400 g/mol. The van der Waals surface area contributed by atoms with Crippen LogP contribution in [0.25, 0.3) is 22.2 Å². The largest absolute Gasteiger partial charge is 0.352 e. The highest BCUT2D eigenvalue weighted by atomic mass is 19.1. The van der Waals surface area contributed by atoms with E-state index in [1.54, 1.807) is 12.1 Å². The third kappa shape index (κ3) is 3.81. The fraction of sp³-hybridized carbons (Fsp3) is 0.348. The zero-order valence-electron chi connectivity index (χ0n) is 16.0. The van der Waals surface area contributed by atoms with E-state index in [2.05, 4.69) is 4.98 Å². The van der Waals surface area contributed by atoms with Crippen molar-refractivity contribution >= 4 is 16.7 Å². The van der Waals surface area contributed by atoms with Crippen LogP contribution < -0.4 is 5.73 Å². The zero-order valence-corrected chi connectivity index (χ0v) is 16.0. The second-order valence-electron chi connectivity index (χ2n) is 7.81. The van der Waals surface area contributed by atoms with Gasteiger partial charge >= 0.3 is 0 Å². The Balaban J connectivity index is 1.67. The number of H-pyrrole nitrogens is 1. The van der Waals surface area contributed by atoms with Crippen LogP contribution in [-0.2, 0) is 4.79 Å². The minimum Gasteiger partial charge on any atom is -0.352 e. The highest BCUT2D eigenvalue weighted by Gasteiger charge is 2.37. The molecule has 0 atom stereocenters. The van der Waals surface area contributed by atoms with Gasteiger partial charge in [0.05, 0.1) is 11.2 Å². The van der Waals surface area contributed by atoms with Crippen molar-refractivity contribution < 1.29 is 18.0 Å². The Morgan fingerprint density at radius 2 is 1.76 bits per heavy atom. The van der Waals surface area contributed by atoms with Crippen molar-refractivity contribution in [3.63, 3.8) is 0 Å². The standard InChI is InChI=1S/C23H23F3N2O/c24-16-6-4-13(5-7-16)22-21(18-11-17(25)12-19(26)23(18)28-22)15-9-14(10-15)20(29)3-1-2-8-27/h4-7,11-12,14-15,28H,1-3,8-10,27H2. The molecule has 0 bridgehead atoms. The molecule has 3 N–H and O–H groups in total. The summed E-state index contributed by atoms with van der Waals surface area (Å²) in [6, 6.07) is 8.09. The third-order valence-corrected chi connectivity index (χ3v) is 5.88. The maximum absolute atomic E-state index is 14.4. The first-order chi connectivity index (χ1) is 14.0. The van der Waals surface area contributed by atoms with Gasteiger partial charge in [0.1, 0.15) is 23.2 Å². The Morgan fingerprint density at radius 3 is 2.45 bits per heavy atom. The number of Topliss-reactive ketones (excluding diaryl/α,β-unsaturated/α-hetero) is 1. The second-order valence-corrected chi connectivity index (χ2v) is 7.81. The highest BCUT2D eigenvalue weighted by Crippen LogP contribution is 2.48. The predicted molar refractivity (Wildman–Crippen MR) is 107 cm³/mol. The van der Waals surface area contributed by atoms with Crippen LogP contribution in [0.1, 0.15) is 43.6 Å². The Morgan fingerprint density at radius 1 is 1.03 bits per heavy atom. The van der Waals surface area contributed by atoms with E-state index in [1.807, 2.05) is 0 Å². The molecule has 1 aliphatic rings. The molecular formula is C23H23F3N2O. The molecular weight excluding hydrogens is 377 g/mol. The molecule has 3 nitrogen and oxygen atoms in total. The number of hydrogen-bond donors (Lipinski definition) is 2. The molecule has 2 aromatic carbocycles. The van der Waals surface area contributed by atoms with Crippen molar-refractivity contribution in [3.8, 4) is 11.3 Å². The molecule has 0 unspecified atom stereocenters. The summed E-state index contributed by atoms with van der Waals surface area (Å²) in [6.07, 6.45) is 3.45. The molecule has 0 amide bonds. The number of unbranched alkanes of at least 4 members (excludes halogenated alkanes) is 1. The van der Waals surface area contributed by atoms with E-state index >= 15 is 0 Å². The first kappa shape index (κ1) is 19.7. The quantitative estimate of drug-likeness (QED) is 0.519. The molecule has 6 heteroatoms. The van der Waals surface area contributed by atoms with Crippen molar-refractivity contribution in [3.05, 3.63) is 59.4 Å². The number of benzene rings is 2. The van der Waals surface area contributed by atoms with Crippen LogP contribution in [0.4, 0.5) is 13.2 Å². The van der Waals surface area contributed by atoms with Gasteiger partial charge in [-0.15, -0.1) is 0 Å². The van der Waals surface area contributed by atoms with Crippen LogP contribution in [-0.4, -0.2) is 17.3 Å². The topological polar surface area (TPSA) is 58.9 Å². The summed E-state index contributed by atoms with van der Waals surface area (Å²) < 4.78 is 41.7. The maximum Gasteiger partial charge on any atom is 0.150 e.